The van der Waals surface area contributed by atoms with Gasteiger partial charge in [0.2, 0.25) is 5.91 Å². The summed E-state index contributed by atoms with van der Waals surface area (Å²) in [4.78, 5) is 17.2. The van der Waals surface area contributed by atoms with Gasteiger partial charge in [0.1, 0.15) is 5.82 Å². The zero-order valence-electron chi connectivity index (χ0n) is 17.1. The highest BCUT2D eigenvalue weighted by molar-refractivity contribution is 6.31. The molecule has 0 radical (unpaired) electrons. The van der Waals surface area contributed by atoms with E-state index in [-0.39, 0.29) is 17.9 Å². The zero-order valence-corrected chi connectivity index (χ0v) is 17.8. The summed E-state index contributed by atoms with van der Waals surface area (Å²) in [6.45, 7) is 2.48. The average molecular weight is 432 g/mol. The molecule has 3 heterocycles. The van der Waals surface area contributed by atoms with E-state index < -0.39 is 5.66 Å². The van der Waals surface area contributed by atoms with Crippen molar-refractivity contribution in [1.82, 2.24) is 20.9 Å². The van der Waals surface area contributed by atoms with Gasteiger partial charge in [-0.1, -0.05) is 17.7 Å². The standard InChI is InChI=1S/C22H30ClN5O2/c23-19-14-25-9-5-18(19)22(28-21(29)16-3-4-17(24)12-16)8-1-2-20(27-22)26-13-15-6-10-30-11-7-15/h1-2,5,8-9,14-17,26-27H,3-4,6-7,10-13,24H2,(H,28,29)/t16-,17+,22?/m1/s1. The number of rotatable bonds is 6. The first kappa shape index (κ1) is 21.2. The summed E-state index contributed by atoms with van der Waals surface area (Å²) in [5.74, 6) is 1.32. The number of nitrogens with zero attached hydrogens (tertiary/aromatic N) is 1. The highest BCUT2D eigenvalue weighted by atomic mass is 35.5. The van der Waals surface area contributed by atoms with Crippen molar-refractivity contribution >= 4 is 17.5 Å². The fraction of sp³-hybridized carbons (Fsp3) is 0.545. The van der Waals surface area contributed by atoms with Crippen molar-refractivity contribution in [3.05, 3.63) is 53.1 Å². The highest BCUT2D eigenvalue weighted by Gasteiger charge is 2.38. The second kappa shape index (κ2) is 9.37. The maximum atomic E-state index is 13.1. The van der Waals surface area contributed by atoms with Crippen LogP contribution in [0.25, 0.3) is 0 Å². The summed E-state index contributed by atoms with van der Waals surface area (Å²) in [6.07, 6.45) is 13.6. The molecule has 1 aromatic rings. The minimum absolute atomic E-state index is 0.0151. The Labute approximate surface area is 182 Å². The third-order valence-electron chi connectivity index (χ3n) is 6.22. The summed E-state index contributed by atoms with van der Waals surface area (Å²) in [5, 5.41) is 10.7. The molecule has 1 aliphatic carbocycles. The van der Waals surface area contributed by atoms with Crippen LogP contribution in [0.15, 0.2) is 42.5 Å². The van der Waals surface area contributed by atoms with Crippen LogP contribution in [0.1, 0.15) is 37.7 Å². The monoisotopic (exact) mass is 431 g/mol. The van der Waals surface area contributed by atoms with E-state index in [2.05, 4.69) is 20.9 Å². The van der Waals surface area contributed by atoms with E-state index in [0.29, 0.717) is 17.4 Å². The van der Waals surface area contributed by atoms with E-state index in [1.54, 1.807) is 12.4 Å². The van der Waals surface area contributed by atoms with E-state index in [0.717, 1.165) is 56.8 Å². The lowest BCUT2D eigenvalue weighted by atomic mass is 9.95. The predicted molar refractivity (Wildman–Crippen MR) is 116 cm³/mol. The lowest BCUT2D eigenvalue weighted by Crippen LogP contribution is -2.58. The number of dihydropyridines is 1. The number of nitrogens with one attached hydrogen (secondary N) is 3. The Morgan fingerprint density at radius 1 is 1.33 bits per heavy atom. The van der Waals surface area contributed by atoms with Crippen LogP contribution in [0, 0.1) is 11.8 Å². The molecular formula is C22H30ClN5O2. The molecule has 1 saturated heterocycles. The van der Waals surface area contributed by atoms with Gasteiger partial charge in [0.15, 0.2) is 5.66 Å². The molecule has 30 heavy (non-hydrogen) atoms. The fourth-order valence-corrected chi connectivity index (χ4v) is 4.70. The van der Waals surface area contributed by atoms with Crippen molar-refractivity contribution in [2.75, 3.05) is 19.8 Å². The SMILES string of the molecule is N[C@H]1CC[C@@H](C(=O)NC2(c3ccncc3Cl)C=CC=C(NCC3CCOCC3)N2)C1. The summed E-state index contributed by atoms with van der Waals surface area (Å²) in [6, 6.07) is 1.93. The van der Waals surface area contributed by atoms with E-state index >= 15 is 0 Å². The number of carbonyl (C=O) groups is 1. The predicted octanol–water partition coefficient (Wildman–Crippen LogP) is 2.15. The number of pyridine rings is 1. The normalized spacial score (nSPS) is 29.2. The summed E-state index contributed by atoms with van der Waals surface area (Å²) >= 11 is 6.50. The Balaban J connectivity index is 1.52. The van der Waals surface area contributed by atoms with Crippen molar-refractivity contribution < 1.29 is 9.53 Å². The minimum Gasteiger partial charge on any atom is -0.381 e. The number of carbonyl (C=O) groups excluding carboxylic acids is 1. The Morgan fingerprint density at radius 2 is 2.17 bits per heavy atom. The Bertz CT molecular complexity index is 824. The Morgan fingerprint density at radius 3 is 2.90 bits per heavy atom. The molecule has 3 aliphatic rings. The number of ether oxygens (including phenoxy) is 1. The van der Waals surface area contributed by atoms with E-state index in [1.165, 1.54) is 0 Å². The largest absolute Gasteiger partial charge is 0.381 e. The van der Waals surface area contributed by atoms with Crippen molar-refractivity contribution in [3.63, 3.8) is 0 Å². The van der Waals surface area contributed by atoms with Gasteiger partial charge >= 0.3 is 0 Å². The third kappa shape index (κ3) is 4.79. The van der Waals surface area contributed by atoms with Crippen LogP contribution in [0.2, 0.25) is 5.02 Å². The number of halogens is 1. The highest BCUT2D eigenvalue weighted by Crippen LogP contribution is 2.32. The second-order valence-electron chi connectivity index (χ2n) is 8.42. The molecule has 1 aromatic heterocycles. The van der Waals surface area contributed by atoms with Gasteiger partial charge in [-0.2, -0.15) is 0 Å². The lowest BCUT2D eigenvalue weighted by molar-refractivity contribution is -0.126. The van der Waals surface area contributed by atoms with Gasteiger partial charge in [-0.25, -0.2) is 0 Å². The zero-order chi connectivity index (χ0) is 21.0. The number of aromatic nitrogens is 1. The van der Waals surface area contributed by atoms with Crippen LogP contribution in [0.3, 0.4) is 0 Å². The summed E-state index contributed by atoms with van der Waals surface area (Å²) < 4.78 is 5.45. The molecule has 8 heteroatoms. The molecule has 4 rings (SSSR count). The third-order valence-corrected chi connectivity index (χ3v) is 6.53. The first-order chi connectivity index (χ1) is 14.6. The molecule has 1 saturated carbocycles. The molecule has 0 spiro atoms. The number of hydrogen-bond acceptors (Lipinski definition) is 6. The van der Waals surface area contributed by atoms with Crippen molar-refractivity contribution in [2.24, 2.45) is 17.6 Å². The molecule has 5 N–H and O–H groups in total. The van der Waals surface area contributed by atoms with Gasteiger partial charge in [-0.3, -0.25) is 9.78 Å². The molecule has 162 valence electrons. The maximum absolute atomic E-state index is 13.1. The molecule has 2 fully saturated rings. The molecule has 1 amide bonds. The number of nitrogens with two attached hydrogens (primary N) is 1. The Hall–Kier alpha value is -2.09. The molecular weight excluding hydrogens is 402 g/mol. The van der Waals surface area contributed by atoms with E-state index in [4.69, 9.17) is 22.1 Å². The van der Waals surface area contributed by atoms with Crippen LogP contribution in [-0.4, -0.2) is 36.7 Å². The van der Waals surface area contributed by atoms with E-state index in [1.807, 2.05) is 24.3 Å². The summed E-state index contributed by atoms with van der Waals surface area (Å²) in [5.41, 5.74) is 5.84. The van der Waals surface area contributed by atoms with Gasteiger partial charge in [-0.05, 0) is 56.2 Å². The second-order valence-corrected chi connectivity index (χ2v) is 8.83. The van der Waals surface area contributed by atoms with Crippen LogP contribution in [0.4, 0.5) is 0 Å². The summed E-state index contributed by atoms with van der Waals surface area (Å²) in [7, 11) is 0. The lowest BCUT2D eigenvalue weighted by Gasteiger charge is -2.38. The van der Waals surface area contributed by atoms with Gasteiger partial charge in [0, 0.05) is 49.7 Å². The van der Waals surface area contributed by atoms with Crippen LogP contribution < -0.4 is 21.7 Å². The molecule has 1 unspecified atom stereocenters. The number of hydrogen-bond donors (Lipinski definition) is 4. The molecule has 0 aromatic carbocycles. The van der Waals surface area contributed by atoms with Crippen LogP contribution >= 0.6 is 11.6 Å². The van der Waals surface area contributed by atoms with Crippen LogP contribution in [0.5, 0.6) is 0 Å². The van der Waals surface area contributed by atoms with Gasteiger partial charge in [0.05, 0.1) is 5.02 Å². The first-order valence-corrected chi connectivity index (χ1v) is 11.1. The average Bonchev–Trinajstić information content (AvgIpc) is 3.20. The van der Waals surface area contributed by atoms with Crippen molar-refractivity contribution in [1.29, 1.82) is 0 Å². The topological polar surface area (TPSA) is 101 Å². The minimum atomic E-state index is -0.948. The van der Waals surface area contributed by atoms with Gasteiger partial charge < -0.3 is 26.4 Å². The molecule has 7 nitrogen and oxygen atoms in total. The molecule has 2 aliphatic heterocycles. The number of amides is 1. The first-order valence-electron chi connectivity index (χ1n) is 10.7. The van der Waals surface area contributed by atoms with E-state index in [9.17, 15) is 4.79 Å². The molecule has 3 atom stereocenters. The quantitative estimate of drug-likeness (QED) is 0.550. The number of allylic oxidation sites excluding steroid dienone is 2. The van der Waals surface area contributed by atoms with Crippen molar-refractivity contribution in [3.8, 4) is 0 Å². The van der Waals surface area contributed by atoms with Crippen molar-refractivity contribution in [2.45, 2.75) is 43.8 Å². The van der Waals surface area contributed by atoms with Gasteiger partial charge in [-0.15, -0.1) is 0 Å². The molecule has 0 bridgehead atoms. The van der Waals surface area contributed by atoms with Gasteiger partial charge in [0.25, 0.3) is 0 Å². The smallest absolute Gasteiger partial charge is 0.225 e. The fourth-order valence-electron chi connectivity index (χ4n) is 4.44. The van der Waals surface area contributed by atoms with Crippen LogP contribution in [-0.2, 0) is 15.2 Å². The maximum Gasteiger partial charge on any atom is 0.225 e. The Kier molecular flexibility index (Phi) is 6.61.